The van der Waals surface area contributed by atoms with Crippen molar-refractivity contribution in [3.8, 4) is 79.7 Å². The Morgan fingerprint density at radius 2 is 0.455 bits per heavy atom. The third kappa shape index (κ3) is 18.4. The molecule has 14 nitrogen and oxygen atoms in total. The summed E-state index contributed by atoms with van der Waals surface area (Å²) in [6.45, 7) is 17.6. The van der Waals surface area contributed by atoms with Crippen molar-refractivity contribution >= 4 is 23.9 Å². The number of aryl methyl sites for hydroxylation is 1. The van der Waals surface area contributed by atoms with Gasteiger partial charge >= 0.3 is 23.9 Å². The zero-order valence-electron chi connectivity index (χ0n) is 70.3. The molecule has 2 aliphatic rings. The van der Waals surface area contributed by atoms with E-state index in [9.17, 15) is 29.4 Å². The highest BCUT2D eigenvalue weighted by molar-refractivity contribution is 5.88. The Bertz CT molecular complexity index is 5940. The van der Waals surface area contributed by atoms with Crippen molar-refractivity contribution in [2.24, 2.45) is 0 Å². The molecule has 618 valence electrons. The number of benzene rings is 14. The van der Waals surface area contributed by atoms with Crippen LogP contribution < -0.4 is 37.9 Å². The number of fused-ring (bicyclic) bond motifs is 6. The molecule has 0 bridgehead atoms. The molecule has 0 saturated carbocycles. The van der Waals surface area contributed by atoms with Gasteiger partial charge < -0.3 is 48.1 Å². The molecule has 14 aromatic rings. The van der Waals surface area contributed by atoms with Crippen LogP contribution in [0.5, 0.6) is 57.5 Å². The molecule has 14 aromatic carbocycles. The highest BCUT2D eigenvalue weighted by atomic mass is 16.6. The summed E-state index contributed by atoms with van der Waals surface area (Å²) in [6, 6.07) is 111. The summed E-state index contributed by atoms with van der Waals surface area (Å²) >= 11 is 0. The van der Waals surface area contributed by atoms with Crippen LogP contribution >= 0.6 is 0 Å². The fourth-order valence-electron chi connectivity index (χ4n) is 16.6. The van der Waals surface area contributed by atoms with Crippen molar-refractivity contribution in [3.63, 3.8) is 0 Å². The van der Waals surface area contributed by atoms with Crippen LogP contribution in [-0.4, -0.2) is 60.5 Å². The summed E-state index contributed by atoms with van der Waals surface area (Å²) in [6.07, 6.45) is 0.384. The van der Waals surface area contributed by atoms with Crippen LogP contribution in [0.15, 0.2) is 340 Å². The lowest BCUT2D eigenvalue weighted by Crippen LogP contribution is -2.28. The van der Waals surface area contributed by atoms with Crippen molar-refractivity contribution in [3.05, 3.63) is 418 Å². The van der Waals surface area contributed by atoms with Crippen LogP contribution in [-0.2, 0) is 46.3 Å². The van der Waals surface area contributed by atoms with Crippen LogP contribution in [0.25, 0.3) is 22.3 Å². The Kier molecular flexibility index (Phi) is 24.8. The van der Waals surface area contributed by atoms with Crippen LogP contribution in [0.4, 0.5) is 0 Å². The van der Waals surface area contributed by atoms with E-state index in [4.69, 9.17) is 37.9 Å². The maximum Gasteiger partial charge on any atom is 0.314 e. The van der Waals surface area contributed by atoms with E-state index < -0.39 is 10.8 Å². The smallest absolute Gasteiger partial charge is 0.314 e. The topological polar surface area (TPSA) is 183 Å². The molecule has 0 aliphatic heterocycles. The summed E-state index contributed by atoms with van der Waals surface area (Å²) in [5, 5.41) is 19.4. The highest BCUT2D eigenvalue weighted by Crippen LogP contribution is 2.58. The number of aromatic hydroxyl groups is 2. The van der Waals surface area contributed by atoms with Gasteiger partial charge in [-0.25, -0.2) is 0 Å². The molecule has 2 N–H and O–H groups in total. The predicted octanol–water partition coefficient (Wildman–Crippen LogP) is 23.3. The molecule has 0 radical (unpaired) electrons. The first kappa shape index (κ1) is 83.8. The first-order chi connectivity index (χ1) is 59.4. The number of hydrogen-bond acceptors (Lipinski definition) is 14. The Labute approximate surface area is 718 Å². The quantitative estimate of drug-likeness (QED) is 0.0349. The lowest BCUT2D eigenvalue weighted by Gasteiger charge is -2.34. The standard InChI is InChI=1S/C56H52O7.C53H46O7/c1-54(2,3)38-16-30-46(31-17-38)62-52(58)34-36-60-44-26-20-41(21-27-44)56(50-12-8-6-10-48(50)49-11-7-9-13-51(49)56)42-22-28-45(29-23-42)61-37-35-53(59)63-47-32-18-40(19-33-47)55(4,5)39-14-24-43(57)25-15-39;1-36-12-24-44(25-13-36)59-50(55)32-34-57-42-26-18-39(19-27-42)53(48-10-6-4-8-46(48)47-9-5-7-11-49(47)53)40-20-28-43(29-21-40)58-35-33-51(56)60-45-30-16-38(17-31-45)52(2,3)37-14-22-41(54)23-15-37/h6-33,57H,34-37H2,1-5H3;4-31,54H,32-35H2,1-3H3. The normalized spacial score (nSPS) is 12.7. The van der Waals surface area contributed by atoms with E-state index >= 15 is 0 Å². The number of phenolic OH excluding ortho intramolecular Hbond substituents is 2. The molecule has 0 atom stereocenters. The van der Waals surface area contributed by atoms with E-state index in [1.165, 1.54) is 50.1 Å². The van der Waals surface area contributed by atoms with Crippen LogP contribution in [0.3, 0.4) is 0 Å². The van der Waals surface area contributed by atoms with E-state index in [0.717, 1.165) is 50.1 Å². The van der Waals surface area contributed by atoms with Crippen molar-refractivity contribution in [2.45, 2.75) is 108 Å². The van der Waals surface area contributed by atoms with Crippen molar-refractivity contribution in [1.29, 1.82) is 0 Å². The molecule has 0 unspecified atom stereocenters. The SMILES string of the molecule is CC(C)(C)c1ccc(OC(=O)CCOc2ccc(C3(c4ccc(OCCC(=O)Oc5ccc(C(C)(C)c6ccc(O)cc6)cc5)cc4)c4ccccc4-c4ccccc43)cc2)cc1.Cc1ccc(OC(=O)CCOc2ccc(C3(c4ccc(OCCC(=O)Oc5ccc(C(C)(C)c6ccc(O)cc6)cc5)cc4)c4ccccc4-c4ccccc43)cc2)cc1. The van der Waals surface area contributed by atoms with Gasteiger partial charge in [0, 0.05) is 10.8 Å². The second-order valence-corrected chi connectivity index (χ2v) is 33.0. The molecule has 0 amide bonds. The molecule has 0 aromatic heterocycles. The number of hydrogen-bond donors (Lipinski definition) is 2. The average Bonchev–Trinajstić information content (AvgIpc) is 1.55. The lowest BCUT2D eigenvalue weighted by molar-refractivity contribution is -0.135. The first-order valence-electron chi connectivity index (χ1n) is 41.6. The van der Waals surface area contributed by atoms with Crippen molar-refractivity contribution in [2.75, 3.05) is 26.4 Å². The monoisotopic (exact) mass is 1630 g/mol. The van der Waals surface area contributed by atoms with Crippen LogP contribution in [0, 0.1) is 6.92 Å². The fourth-order valence-corrected chi connectivity index (χ4v) is 16.6. The fraction of sp³-hybridized carbons (Fsp3) is 0.193. The van der Waals surface area contributed by atoms with Gasteiger partial charge in [0.05, 0.1) is 62.9 Å². The second kappa shape index (κ2) is 36.4. The number of phenols is 2. The van der Waals surface area contributed by atoms with Crippen LogP contribution in [0.1, 0.15) is 152 Å². The van der Waals surface area contributed by atoms with Gasteiger partial charge in [-0.15, -0.1) is 0 Å². The summed E-state index contributed by atoms with van der Waals surface area (Å²) in [5.41, 5.74) is 18.3. The largest absolute Gasteiger partial charge is 0.508 e. The van der Waals surface area contributed by atoms with Crippen molar-refractivity contribution < 1.29 is 67.3 Å². The second-order valence-electron chi connectivity index (χ2n) is 33.0. The van der Waals surface area contributed by atoms with Gasteiger partial charge in [-0.2, -0.15) is 0 Å². The number of carbonyl (C=O) groups is 4. The zero-order chi connectivity index (χ0) is 85.9. The van der Waals surface area contributed by atoms with Crippen LogP contribution in [0.2, 0.25) is 0 Å². The predicted molar refractivity (Wildman–Crippen MR) is 480 cm³/mol. The molecular weight excluding hydrogens is 1530 g/mol. The molecule has 123 heavy (non-hydrogen) atoms. The molecule has 0 spiro atoms. The summed E-state index contributed by atoms with van der Waals surface area (Å²) in [7, 11) is 0. The molecule has 0 saturated heterocycles. The number of ether oxygens (including phenoxy) is 8. The Morgan fingerprint density at radius 3 is 0.691 bits per heavy atom. The third-order valence-corrected chi connectivity index (χ3v) is 23.4. The number of rotatable bonds is 28. The Balaban J connectivity index is 0.000000191. The number of carbonyl (C=O) groups excluding carboxylic acids is 4. The Morgan fingerprint density at radius 1 is 0.252 bits per heavy atom. The maximum atomic E-state index is 12.9. The van der Waals surface area contributed by atoms with Gasteiger partial charge in [-0.05, 0) is 228 Å². The summed E-state index contributed by atoms with van der Waals surface area (Å²) < 4.78 is 46.5. The van der Waals surface area contributed by atoms with Crippen molar-refractivity contribution in [1.82, 2.24) is 0 Å². The summed E-state index contributed by atoms with van der Waals surface area (Å²) in [4.78, 5) is 50.8. The minimum Gasteiger partial charge on any atom is -0.508 e. The minimum atomic E-state index is -0.630. The van der Waals surface area contributed by atoms with E-state index in [1.54, 1.807) is 60.7 Å². The van der Waals surface area contributed by atoms with Gasteiger partial charge in [-0.1, -0.05) is 272 Å². The minimum absolute atomic E-state index is 0.0172. The van der Waals surface area contributed by atoms with E-state index in [-0.39, 0.29) is 104 Å². The highest BCUT2D eigenvalue weighted by Gasteiger charge is 2.48. The average molecular weight is 1630 g/mol. The lowest BCUT2D eigenvalue weighted by atomic mass is 9.68. The van der Waals surface area contributed by atoms with Gasteiger partial charge in [-0.3, -0.25) is 19.2 Å². The summed E-state index contributed by atoms with van der Waals surface area (Å²) in [5.74, 6) is 3.56. The van der Waals surface area contributed by atoms with Gasteiger partial charge in [0.15, 0.2) is 0 Å². The van der Waals surface area contributed by atoms with Gasteiger partial charge in [0.2, 0.25) is 0 Å². The molecule has 0 fully saturated rings. The van der Waals surface area contributed by atoms with Gasteiger partial charge in [0.25, 0.3) is 0 Å². The molecular formula is C109H98O14. The molecule has 16 rings (SSSR count). The molecule has 2 aliphatic carbocycles. The number of esters is 4. The zero-order valence-corrected chi connectivity index (χ0v) is 70.3. The first-order valence-corrected chi connectivity index (χ1v) is 41.6. The maximum absolute atomic E-state index is 12.9. The van der Waals surface area contributed by atoms with E-state index in [1.807, 2.05) is 140 Å². The van der Waals surface area contributed by atoms with Gasteiger partial charge in [0.1, 0.15) is 57.5 Å². The molecule has 14 heteroatoms. The Hall–Kier alpha value is -14.2. The third-order valence-electron chi connectivity index (χ3n) is 23.4. The molecule has 0 heterocycles. The van der Waals surface area contributed by atoms with E-state index in [0.29, 0.717) is 46.0 Å². The van der Waals surface area contributed by atoms with E-state index in [2.05, 4.69) is 194 Å².